The normalized spacial score (nSPS) is 17.6. The van der Waals surface area contributed by atoms with Crippen LogP contribution in [0.4, 0.5) is 21.6 Å². The summed E-state index contributed by atoms with van der Waals surface area (Å²) < 4.78 is 19.1. The van der Waals surface area contributed by atoms with E-state index in [0.29, 0.717) is 40.6 Å². The Morgan fingerprint density at radius 3 is 2.68 bits per heavy atom. The monoisotopic (exact) mass is 396 g/mol. The van der Waals surface area contributed by atoms with Crippen molar-refractivity contribution in [1.29, 1.82) is 0 Å². The average Bonchev–Trinajstić information content (AvgIpc) is 2.88. The molecule has 1 aromatic heterocycles. The Morgan fingerprint density at radius 1 is 1.36 bits per heavy atom. The van der Waals surface area contributed by atoms with Crippen LogP contribution in [0.2, 0.25) is 0 Å². The fraction of sp³-hybridized carbons (Fsp3) is 0.300. The molecule has 1 aliphatic carbocycles. The van der Waals surface area contributed by atoms with E-state index in [1.807, 2.05) is 0 Å². The zero-order valence-corrected chi connectivity index (χ0v) is 16.2. The number of hydrogen-bond acceptors (Lipinski definition) is 4. The van der Waals surface area contributed by atoms with Crippen molar-refractivity contribution in [3.63, 3.8) is 0 Å². The second-order valence-corrected chi connectivity index (χ2v) is 7.27. The molecule has 28 heavy (non-hydrogen) atoms. The summed E-state index contributed by atoms with van der Waals surface area (Å²) in [7, 11) is 1.46. The minimum atomic E-state index is -0.797. The first-order valence-electron chi connectivity index (χ1n) is 8.79. The number of methoxy groups -OCH3 is 1. The maximum Gasteiger partial charge on any atom is 0.272 e. The highest BCUT2D eigenvalue weighted by molar-refractivity contribution is 7.81. The first kappa shape index (κ1) is 18.3. The van der Waals surface area contributed by atoms with Crippen LogP contribution in [0.15, 0.2) is 30.5 Å². The number of pyridine rings is 1. The van der Waals surface area contributed by atoms with Gasteiger partial charge < -0.3 is 9.58 Å². The third-order valence-corrected chi connectivity index (χ3v) is 5.74. The van der Waals surface area contributed by atoms with E-state index in [0.717, 1.165) is 6.42 Å². The molecule has 8 heteroatoms. The first-order chi connectivity index (χ1) is 13.4. The Balaban J connectivity index is 1.83. The molecule has 0 atom stereocenters. The number of amides is 1. The molecule has 1 spiro atoms. The number of anilines is 2. The number of rotatable bonds is 3. The van der Waals surface area contributed by atoms with Gasteiger partial charge >= 0.3 is 0 Å². The lowest BCUT2D eigenvalue weighted by atomic mass is 9.75. The molecule has 0 unspecified atom stereocenters. The quantitative estimate of drug-likeness (QED) is 0.576. The van der Waals surface area contributed by atoms with Crippen LogP contribution < -0.4 is 14.5 Å². The summed E-state index contributed by atoms with van der Waals surface area (Å²) in [6, 6.07) is 5.94. The number of aromatic nitrogens is 1. The number of benzene rings is 1. The summed E-state index contributed by atoms with van der Waals surface area (Å²) in [6.07, 6.45) is 3.68. The van der Waals surface area contributed by atoms with Crippen LogP contribution in [0.3, 0.4) is 0 Å². The SMILES string of the molecule is [C-]#[N+]c1ncc(N2C(=O)C3(CCC3)N(c3ccc(F)cc3OC)C2=S)cc1C. The van der Waals surface area contributed by atoms with Crippen molar-refractivity contribution >= 4 is 40.4 Å². The maximum absolute atomic E-state index is 13.7. The van der Waals surface area contributed by atoms with Crippen LogP contribution >= 0.6 is 12.2 Å². The number of ether oxygens (including phenoxy) is 1. The van der Waals surface area contributed by atoms with Crippen molar-refractivity contribution in [2.24, 2.45) is 0 Å². The molecule has 0 bridgehead atoms. The third kappa shape index (κ3) is 2.47. The van der Waals surface area contributed by atoms with Crippen LogP contribution in [0.5, 0.6) is 5.75 Å². The van der Waals surface area contributed by atoms with E-state index in [2.05, 4.69) is 9.83 Å². The predicted molar refractivity (Wildman–Crippen MR) is 107 cm³/mol. The van der Waals surface area contributed by atoms with Gasteiger partial charge in [0, 0.05) is 6.07 Å². The molecule has 1 saturated heterocycles. The van der Waals surface area contributed by atoms with Gasteiger partial charge in [-0.1, -0.05) is 6.57 Å². The molecule has 1 saturated carbocycles. The highest BCUT2D eigenvalue weighted by Gasteiger charge is 2.60. The standard InChI is InChI=1S/C20H17FN4O2S/c1-12-9-14(11-23-17(12)22-2)24-18(26)20(7-4-8-20)25(19(24)28)15-6-5-13(21)10-16(15)27-3/h5-6,9-11H,4,7-8H2,1,3H3. The molecule has 142 valence electrons. The van der Waals surface area contributed by atoms with E-state index in [1.165, 1.54) is 30.3 Å². The molecule has 2 aliphatic rings. The summed E-state index contributed by atoms with van der Waals surface area (Å²) in [5, 5.41) is 0.298. The van der Waals surface area contributed by atoms with Crippen LogP contribution in [0, 0.1) is 19.3 Å². The molecule has 6 nitrogen and oxygen atoms in total. The maximum atomic E-state index is 13.7. The highest BCUT2D eigenvalue weighted by atomic mass is 32.1. The molecule has 2 heterocycles. The number of hydrogen-bond donors (Lipinski definition) is 0. The lowest BCUT2D eigenvalue weighted by Gasteiger charge is -2.43. The number of aryl methyl sites for hydroxylation is 1. The Bertz CT molecular complexity index is 1040. The van der Waals surface area contributed by atoms with E-state index < -0.39 is 11.4 Å². The van der Waals surface area contributed by atoms with Gasteiger partial charge in [-0.2, -0.15) is 0 Å². The highest BCUT2D eigenvalue weighted by Crippen LogP contribution is 2.49. The molecule has 1 aromatic carbocycles. The van der Waals surface area contributed by atoms with Crippen molar-refractivity contribution in [2.45, 2.75) is 31.7 Å². The van der Waals surface area contributed by atoms with Crippen LogP contribution in [0.1, 0.15) is 24.8 Å². The number of carbonyl (C=O) groups excluding carboxylic acids is 1. The van der Waals surface area contributed by atoms with E-state index in [4.69, 9.17) is 23.5 Å². The number of nitrogens with zero attached hydrogens (tertiary/aromatic N) is 4. The Kier molecular flexibility index (Phi) is 4.27. The minimum Gasteiger partial charge on any atom is -0.494 e. The topological polar surface area (TPSA) is 50.0 Å². The number of thiocarbonyl (C=S) groups is 1. The molecule has 0 radical (unpaired) electrons. The Morgan fingerprint density at radius 2 is 2.11 bits per heavy atom. The molecular formula is C20H17FN4O2S. The zero-order chi connectivity index (χ0) is 20.1. The largest absolute Gasteiger partial charge is 0.494 e. The summed E-state index contributed by atoms with van der Waals surface area (Å²) in [4.78, 5) is 24.2. The van der Waals surface area contributed by atoms with Crippen molar-refractivity contribution < 1.29 is 13.9 Å². The van der Waals surface area contributed by atoms with Crippen LogP contribution in [-0.2, 0) is 4.79 Å². The lowest BCUT2D eigenvalue weighted by Crippen LogP contribution is -2.55. The Hall–Kier alpha value is -3.05. The minimum absolute atomic E-state index is 0.133. The summed E-state index contributed by atoms with van der Waals surface area (Å²) in [6.45, 7) is 8.93. The molecule has 4 rings (SSSR count). The molecule has 0 N–H and O–H groups in total. The summed E-state index contributed by atoms with van der Waals surface area (Å²) >= 11 is 5.69. The lowest BCUT2D eigenvalue weighted by molar-refractivity contribution is -0.123. The first-order valence-corrected chi connectivity index (χ1v) is 9.20. The second-order valence-electron chi connectivity index (χ2n) is 6.91. The third-order valence-electron chi connectivity index (χ3n) is 5.38. The number of halogens is 1. The predicted octanol–water partition coefficient (Wildman–Crippen LogP) is 4.15. The molecular weight excluding hydrogens is 379 g/mol. The summed E-state index contributed by atoms with van der Waals surface area (Å²) in [5.41, 5.74) is 0.958. The Labute approximate surface area is 167 Å². The van der Waals surface area contributed by atoms with E-state index >= 15 is 0 Å². The van der Waals surface area contributed by atoms with E-state index in [1.54, 1.807) is 24.0 Å². The fourth-order valence-electron chi connectivity index (χ4n) is 3.81. The fourth-order valence-corrected chi connectivity index (χ4v) is 4.27. The zero-order valence-electron chi connectivity index (χ0n) is 15.4. The molecule has 1 aliphatic heterocycles. The van der Waals surface area contributed by atoms with Gasteiger partial charge in [-0.15, -0.1) is 4.98 Å². The van der Waals surface area contributed by atoms with Crippen molar-refractivity contribution in [3.8, 4) is 5.75 Å². The van der Waals surface area contributed by atoms with Gasteiger partial charge in [0.05, 0.1) is 18.5 Å². The molecule has 1 amide bonds. The second kappa shape index (κ2) is 6.53. The van der Waals surface area contributed by atoms with Gasteiger partial charge in [0.25, 0.3) is 11.7 Å². The van der Waals surface area contributed by atoms with Crippen molar-refractivity contribution in [2.75, 3.05) is 16.9 Å². The van der Waals surface area contributed by atoms with Crippen LogP contribution in [-0.4, -0.2) is 28.7 Å². The smallest absolute Gasteiger partial charge is 0.272 e. The van der Waals surface area contributed by atoms with Gasteiger partial charge in [0.1, 0.15) is 23.3 Å². The van der Waals surface area contributed by atoms with Gasteiger partial charge in [0.15, 0.2) is 5.11 Å². The van der Waals surface area contributed by atoms with E-state index in [9.17, 15) is 9.18 Å². The molecule has 2 fully saturated rings. The van der Waals surface area contributed by atoms with Crippen molar-refractivity contribution in [3.05, 3.63) is 53.3 Å². The van der Waals surface area contributed by atoms with E-state index in [-0.39, 0.29) is 11.7 Å². The van der Waals surface area contributed by atoms with Crippen molar-refractivity contribution in [1.82, 2.24) is 4.98 Å². The van der Waals surface area contributed by atoms with Gasteiger partial charge in [-0.25, -0.2) is 4.39 Å². The summed E-state index contributed by atoms with van der Waals surface area (Å²) in [5.74, 6) is 0.0515. The van der Waals surface area contributed by atoms with Gasteiger partial charge in [-0.3, -0.25) is 14.6 Å². The number of carbonyl (C=O) groups is 1. The van der Waals surface area contributed by atoms with Gasteiger partial charge in [-0.05, 0) is 62.2 Å². The molecule has 2 aromatic rings. The van der Waals surface area contributed by atoms with Gasteiger partial charge in [0.2, 0.25) is 0 Å². The van der Waals surface area contributed by atoms with Crippen LogP contribution in [0.25, 0.3) is 4.85 Å². The average molecular weight is 396 g/mol.